The summed E-state index contributed by atoms with van der Waals surface area (Å²) in [5.41, 5.74) is 11.2. The van der Waals surface area contributed by atoms with Crippen LogP contribution >= 0.6 is 23.2 Å². The molecular weight excluding hydrogens is 275 g/mol. The van der Waals surface area contributed by atoms with Crippen molar-refractivity contribution >= 4 is 34.6 Å². The van der Waals surface area contributed by atoms with Crippen molar-refractivity contribution < 1.29 is 10.2 Å². The first kappa shape index (κ1) is 14.3. The van der Waals surface area contributed by atoms with Crippen molar-refractivity contribution in [1.29, 1.82) is 0 Å². The minimum atomic E-state index is 0.0689. The summed E-state index contributed by atoms with van der Waals surface area (Å²) in [6.45, 7) is 0. The van der Waals surface area contributed by atoms with E-state index in [0.717, 1.165) is 0 Å². The topological polar surface area (TPSA) is 92.5 Å². The number of benzene rings is 2. The molecule has 96 valence electrons. The van der Waals surface area contributed by atoms with Crippen molar-refractivity contribution in [2.45, 2.75) is 0 Å². The van der Waals surface area contributed by atoms with E-state index in [1.165, 1.54) is 24.3 Å². The van der Waals surface area contributed by atoms with Crippen molar-refractivity contribution in [3.8, 4) is 11.5 Å². The predicted octanol–water partition coefficient (Wildman–Crippen LogP) is 3.26. The van der Waals surface area contributed by atoms with Gasteiger partial charge in [-0.1, -0.05) is 23.2 Å². The SMILES string of the molecule is Nc1cc(Cl)ccc1O.Nc1cc(Cl)ccc1O. The van der Waals surface area contributed by atoms with Crippen LogP contribution in [0.2, 0.25) is 10.0 Å². The van der Waals surface area contributed by atoms with Crippen molar-refractivity contribution in [3.05, 3.63) is 46.4 Å². The van der Waals surface area contributed by atoms with E-state index in [-0.39, 0.29) is 11.5 Å². The Hall–Kier alpha value is -1.78. The number of hydrogen-bond acceptors (Lipinski definition) is 4. The average Bonchev–Trinajstić information content (AvgIpc) is 2.30. The molecule has 0 bridgehead atoms. The summed E-state index contributed by atoms with van der Waals surface area (Å²) >= 11 is 11.1. The summed E-state index contributed by atoms with van der Waals surface area (Å²) in [4.78, 5) is 0. The second-order valence-electron chi connectivity index (χ2n) is 3.41. The van der Waals surface area contributed by atoms with Gasteiger partial charge in [0.2, 0.25) is 0 Å². The van der Waals surface area contributed by atoms with Crippen LogP contribution in [-0.4, -0.2) is 10.2 Å². The monoisotopic (exact) mass is 286 g/mol. The third kappa shape index (κ3) is 4.24. The lowest BCUT2D eigenvalue weighted by atomic mass is 10.3. The van der Waals surface area contributed by atoms with E-state index < -0.39 is 0 Å². The van der Waals surface area contributed by atoms with Gasteiger partial charge in [0.1, 0.15) is 11.5 Å². The second-order valence-corrected chi connectivity index (χ2v) is 4.28. The van der Waals surface area contributed by atoms with Crippen LogP contribution < -0.4 is 11.5 Å². The van der Waals surface area contributed by atoms with Crippen LogP contribution in [0.15, 0.2) is 36.4 Å². The minimum Gasteiger partial charge on any atom is -0.506 e. The molecule has 6 N–H and O–H groups in total. The molecule has 0 aliphatic carbocycles. The molecule has 0 saturated carbocycles. The third-order valence-corrected chi connectivity index (χ3v) is 2.45. The molecule has 4 nitrogen and oxygen atoms in total. The Morgan fingerprint density at radius 2 is 1.06 bits per heavy atom. The summed E-state index contributed by atoms with van der Waals surface area (Å²) in [5, 5.41) is 18.8. The van der Waals surface area contributed by atoms with Crippen molar-refractivity contribution in [2.75, 3.05) is 11.5 Å². The van der Waals surface area contributed by atoms with Crippen LogP contribution in [0.25, 0.3) is 0 Å². The first-order chi connectivity index (χ1) is 8.40. The average molecular weight is 287 g/mol. The Morgan fingerprint density at radius 1 is 0.722 bits per heavy atom. The molecule has 0 spiro atoms. The number of nitrogen functional groups attached to an aromatic ring is 2. The Bertz CT molecular complexity index is 498. The standard InChI is InChI=1S/2C6H6ClNO/c2*7-4-1-2-6(9)5(8)3-4/h2*1-3,9H,8H2. The molecule has 0 saturated heterocycles. The highest BCUT2D eigenvalue weighted by atomic mass is 35.5. The molecule has 2 aromatic carbocycles. The highest BCUT2D eigenvalue weighted by molar-refractivity contribution is 6.31. The lowest BCUT2D eigenvalue weighted by molar-refractivity contribution is 0.477. The highest BCUT2D eigenvalue weighted by Gasteiger charge is 1.94. The molecule has 0 fully saturated rings. The second kappa shape index (κ2) is 6.23. The van der Waals surface area contributed by atoms with Crippen LogP contribution in [0.1, 0.15) is 0 Å². The van der Waals surface area contributed by atoms with Gasteiger partial charge in [-0.25, -0.2) is 0 Å². The number of anilines is 2. The number of nitrogens with two attached hydrogens (primary N) is 2. The maximum absolute atomic E-state index is 8.86. The quantitative estimate of drug-likeness (QED) is 0.442. The first-order valence-electron chi connectivity index (χ1n) is 4.88. The number of hydrogen-bond donors (Lipinski definition) is 4. The molecule has 18 heavy (non-hydrogen) atoms. The Kier molecular flexibility index (Phi) is 4.95. The Balaban J connectivity index is 0.000000180. The first-order valence-corrected chi connectivity index (χ1v) is 5.63. The summed E-state index contributed by atoms with van der Waals surface area (Å²) in [6, 6.07) is 9.06. The molecule has 0 aromatic heterocycles. The van der Waals surface area contributed by atoms with E-state index in [4.69, 9.17) is 44.9 Å². The van der Waals surface area contributed by atoms with Gasteiger partial charge in [0.05, 0.1) is 11.4 Å². The van der Waals surface area contributed by atoms with E-state index in [0.29, 0.717) is 21.4 Å². The van der Waals surface area contributed by atoms with Crippen LogP contribution in [0.3, 0.4) is 0 Å². The predicted molar refractivity (Wildman–Crippen MR) is 75.1 cm³/mol. The largest absolute Gasteiger partial charge is 0.506 e. The zero-order valence-electron chi connectivity index (χ0n) is 9.27. The molecule has 0 heterocycles. The number of aromatic hydroxyl groups is 2. The van der Waals surface area contributed by atoms with Gasteiger partial charge in [-0.2, -0.15) is 0 Å². The molecule has 0 amide bonds. The number of rotatable bonds is 0. The molecule has 0 aliphatic rings. The van der Waals surface area contributed by atoms with Crippen LogP contribution in [0.5, 0.6) is 11.5 Å². The molecule has 0 radical (unpaired) electrons. The minimum absolute atomic E-state index is 0.0689. The van der Waals surface area contributed by atoms with Crippen molar-refractivity contribution in [1.82, 2.24) is 0 Å². The fourth-order valence-corrected chi connectivity index (χ4v) is 1.41. The number of halogens is 2. The van der Waals surface area contributed by atoms with Gasteiger partial charge in [0, 0.05) is 10.0 Å². The Morgan fingerprint density at radius 3 is 1.28 bits per heavy atom. The van der Waals surface area contributed by atoms with Gasteiger partial charge < -0.3 is 21.7 Å². The number of phenolic OH excluding ortho intramolecular Hbond substituents is 2. The Labute approximate surface area is 114 Å². The lowest BCUT2D eigenvalue weighted by Gasteiger charge is -1.95. The van der Waals surface area contributed by atoms with E-state index in [9.17, 15) is 0 Å². The van der Waals surface area contributed by atoms with E-state index in [1.807, 2.05) is 0 Å². The molecule has 2 aromatic rings. The third-order valence-electron chi connectivity index (χ3n) is 1.98. The molecule has 0 unspecified atom stereocenters. The normalized spacial score (nSPS) is 9.44. The van der Waals surface area contributed by atoms with Gasteiger partial charge in [-0.15, -0.1) is 0 Å². The van der Waals surface area contributed by atoms with E-state index in [1.54, 1.807) is 12.1 Å². The fraction of sp³-hybridized carbons (Fsp3) is 0. The lowest BCUT2D eigenvalue weighted by Crippen LogP contribution is -1.83. The maximum atomic E-state index is 8.86. The van der Waals surface area contributed by atoms with Crippen molar-refractivity contribution in [2.24, 2.45) is 0 Å². The molecule has 6 heteroatoms. The number of phenols is 2. The molecular formula is C12H12Cl2N2O2. The molecule has 0 atom stereocenters. The fourth-order valence-electron chi connectivity index (χ4n) is 1.05. The van der Waals surface area contributed by atoms with Crippen molar-refractivity contribution in [3.63, 3.8) is 0 Å². The molecule has 2 rings (SSSR count). The summed E-state index contributed by atoms with van der Waals surface area (Å²) in [6.07, 6.45) is 0. The van der Waals surface area contributed by atoms with Crippen LogP contribution in [0, 0.1) is 0 Å². The maximum Gasteiger partial charge on any atom is 0.138 e. The zero-order chi connectivity index (χ0) is 13.7. The van der Waals surface area contributed by atoms with Gasteiger partial charge in [0.25, 0.3) is 0 Å². The summed E-state index contributed by atoms with van der Waals surface area (Å²) in [7, 11) is 0. The van der Waals surface area contributed by atoms with Gasteiger partial charge >= 0.3 is 0 Å². The summed E-state index contributed by atoms with van der Waals surface area (Å²) in [5.74, 6) is 0.138. The highest BCUT2D eigenvalue weighted by Crippen LogP contribution is 2.23. The van der Waals surface area contributed by atoms with Crippen LogP contribution in [0.4, 0.5) is 11.4 Å². The van der Waals surface area contributed by atoms with E-state index >= 15 is 0 Å². The zero-order valence-corrected chi connectivity index (χ0v) is 10.8. The van der Waals surface area contributed by atoms with Gasteiger partial charge in [-0.3, -0.25) is 0 Å². The summed E-state index contributed by atoms with van der Waals surface area (Å²) < 4.78 is 0. The van der Waals surface area contributed by atoms with Gasteiger partial charge in [-0.05, 0) is 36.4 Å². The smallest absolute Gasteiger partial charge is 0.138 e. The van der Waals surface area contributed by atoms with Gasteiger partial charge in [0.15, 0.2) is 0 Å². The van der Waals surface area contributed by atoms with E-state index in [2.05, 4.69) is 0 Å². The molecule has 0 aliphatic heterocycles. The van der Waals surface area contributed by atoms with Crippen LogP contribution in [-0.2, 0) is 0 Å².